The van der Waals surface area contributed by atoms with Crippen LogP contribution in [0.3, 0.4) is 0 Å². The van der Waals surface area contributed by atoms with Crippen LogP contribution in [-0.4, -0.2) is 24.0 Å². The van der Waals surface area contributed by atoms with Gasteiger partial charge in [0.15, 0.2) is 5.75 Å². The lowest BCUT2D eigenvalue weighted by atomic mass is 10.0. The van der Waals surface area contributed by atoms with Crippen molar-refractivity contribution in [2.75, 3.05) is 5.32 Å². The van der Waals surface area contributed by atoms with E-state index in [0.717, 1.165) is 6.92 Å². The Kier molecular flexibility index (Phi) is 4.45. The summed E-state index contributed by atoms with van der Waals surface area (Å²) < 4.78 is 42.2. The molecule has 0 aliphatic heterocycles. The van der Waals surface area contributed by atoms with Crippen molar-refractivity contribution in [2.45, 2.75) is 13.1 Å². The van der Waals surface area contributed by atoms with Crippen molar-refractivity contribution in [3.05, 3.63) is 35.9 Å². The summed E-state index contributed by atoms with van der Waals surface area (Å²) in [6.07, 6.45) is -5.06. The van der Waals surface area contributed by atoms with Gasteiger partial charge in [-0.15, -0.1) is 0 Å². The monoisotopic (exact) mass is 340 g/mol. The van der Waals surface area contributed by atoms with Crippen LogP contribution in [0.15, 0.2) is 30.3 Å². The summed E-state index contributed by atoms with van der Waals surface area (Å²) in [6, 6.07) is 6.50. The quantitative estimate of drug-likeness (QED) is 0.662. The Bertz CT molecular complexity index is 846. The second-order valence-electron chi connectivity index (χ2n) is 4.75. The number of rotatable bonds is 3. The molecule has 2 aromatic carbocycles. The molecule has 0 spiro atoms. The Morgan fingerprint density at radius 1 is 1.08 bits per heavy atom. The fraction of sp³-hybridized carbons (Fsp3) is 0.133. The van der Waals surface area contributed by atoms with E-state index >= 15 is 0 Å². The second kappa shape index (κ2) is 6.19. The first-order valence-electron chi connectivity index (χ1n) is 6.53. The summed E-state index contributed by atoms with van der Waals surface area (Å²) in [5.41, 5.74) is 4.94. The molecule has 24 heavy (non-hydrogen) atoms. The maximum atomic E-state index is 12.4. The van der Waals surface area contributed by atoms with Crippen molar-refractivity contribution in [3.63, 3.8) is 0 Å². The predicted octanol–water partition coefficient (Wildman–Crippen LogP) is 2.36. The number of ether oxygens (including phenoxy) is 1. The molecule has 2 amide bonds. The normalized spacial score (nSPS) is 11.2. The van der Waals surface area contributed by atoms with Gasteiger partial charge < -0.3 is 15.8 Å². The van der Waals surface area contributed by atoms with Gasteiger partial charge in [-0.1, -0.05) is 18.2 Å². The molecule has 0 aliphatic carbocycles. The van der Waals surface area contributed by atoms with Crippen molar-refractivity contribution in [2.24, 2.45) is 5.73 Å². The Labute approximate surface area is 133 Å². The first kappa shape index (κ1) is 17.3. The van der Waals surface area contributed by atoms with E-state index in [1.165, 1.54) is 30.3 Å². The lowest BCUT2D eigenvalue weighted by Crippen LogP contribution is -2.30. The molecule has 2 aromatic rings. The zero-order valence-electron chi connectivity index (χ0n) is 12.2. The number of nitrogens with two attached hydrogens (primary N) is 1. The number of carbonyl (C=O) groups excluding carboxylic acids is 3. The number of primary amides is 1. The number of hydrogen-bond donors (Lipinski definition) is 2. The topological polar surface area (TPSA) is 98.5 Å². The van der Waals surface area contributed by atoms with E-state index < -0.39 is 24.0 Å². The van der Waals surface area contributed by atoms with E-state index in [4.69, 9.17) is 10.5 Å². The fourth-order valence-electron chi connectivity index (χ4n) is 2.08. The zero-order valence-corrected chi connectivity index (χ0v) is 12.2. The van der Waals surface area contributed by atoms with Crippen LogP contribution in [-0.2, 0) is 9.59 Å². The van der Waals surface area contributed by atoms with Gasteiger partial charge in [0.05, 0.1) is 5.56 Å². The van der Waals surface area contributed by atoms with Gasteiger partial charge in [0.2, 0.25) is 0 Å². The van der Waals surface area contributed by atoms with Crippen LogP contribution in [0.5, 0.6) is 5.75 Å². The summed E-state index contributed by atoms with van der Waals surface area (Å²) in [4.78, 5) is 33.8. The third-order valence-corrected chi connectivity index (χ3v) is 3.03. The van der Waals surface area contributed by atoms with Crippen molar-refractivity contribution in [1.29, 1.82) is 0 Å². The van der Waals surface area contributed by atoms with Crippen molar-refractivity contribution in [3.8, 4) is 5.75 Å². The maximum absolute atomic E-state index is 12.4. The molecular formula is C15H11F3N2O4. The number of benzene rings is 2. The molecule has 0 aliphatic rings. The number of hydrogen-bond acceptors (Lipinski definition) is 4. The van der Waals surface area contributed by atoms with Gasteiger partial charge in [-0.2, -0.15) is 13.2 Å². The Morgan fingerprint density at radius 2 is 1.75 bits per heavy atom. The third-order valence-electron chi connectivity index (χ3n) is 3.03. The van der Waals surface area contributed by atoms with E-state index in [-0.39, 0.29) is 27.8 Å². The lowest BCUT2D eigenvalue weighted by Gasteiger charge is -2.14. The van der Waals surface area contributed by atoms with Gasteiger partial charge in [-0.05, 0) is 12.1 Å². The lowest BCUT2D eigenvalue weighted by molar-refractivity contribution is -0.167. The number of amides is 2. The average molecular weight is 340 g/mol. The third kappa shape index (κ3) is 3.45. The molecule has 6 nitrogen and oxygen atoms in total. The number of carbonyl (C=O) groups is 3. The highest BCUT2D eigenvalue weighted by molar-refractivity contribution is 6.10. The first-order valence-corrected chi connectivity index (χ1v) is 6.53. The largest absolute Gasteiger partial charge is 0.471 e. The highest BCUT2D eigenvalue weighted by Gasteiger charge is 2.38. The number of halogens is 3. The van der Waals surface area contributed by atoms with Gasteiger partial charge in [0, 0.05) is 23.4 Å². The summed E-state index contributed by atoms with van der Waals surface area (Å²) >= 11 is 0. The predicted molar refractivity (Wildman–Crippen MR) is 78.5 cm³/mol. The summed E-state index contributed by atoms with van der Waals surface area (Å²) in [5, 5.41) is 2.04. The summed E-state index contributed by atoms with van der Waals surface area (Å²) in [5.74, 6) is -3.95. The molecular weight excluding hydrogens is 329 g/mol. The fourth-order valence-corrected chi connectivity index (χ4v) is 2.08. The maximum Gasteiger partial charge on any atom is 0.471 e. The van der Waals surface area contributed by atoms with Gasteiger partial charge in [0.1, 0.15) is 0 Å². The van der Waals surface area contributed by atoms with E-state index in [0.29, 0.717) is 0 Å². The van der Waals surface area contributed by atoms with Crippen LogP contribution >= 0.6 is 0 Å². The van der Waals surface area contributed by atoms with E-state index in [1.807, 2.05) is 0 Å². The van der Waals surface area contributed by atoms with Gasteiger partial charge >= 0.3 is 18.1 Å². The number of alkyl halides is 3. The molecule has 0 atom stereocenters. The van der Waals surface area contributed by atoms with Crippen molar-refractivity contribution < 1.29 is 32.3 Å². The van der Waals surface area contributed by atoms with Crippen LogP contribution in [0.4, 0.5) is 18.9 Å². The molecule has 9 heteroatoms. The molecule has 0 fully saturated rings. The SMILES string of the molecule is CC(=O)Oc1c(C(N)=O)ccc2c(NC(=O)C(F)(F)F)cccc12. The van der Waals surface area contributed by atoms with E-state index in [1.54, 1.807) is 5.32 Å². The van der Waals surface area contributed by atoms with Crippen molar-refractivity contribution in [1.82, 2.24) is 0 Å². The molecule has 0 heterocycles. The Balaban J connectivity index is 2.64. The number of anilines is 1. The molecule has 0 radical (unpaired) electrons. The standard InChI is InChI=1S/C15H11F3N2O4/c1-7(21)24-12-9-3-2-4-11(20-14(23)15(16,17)18)8(9)5-6-10(12)13(19)22/h2-6H,1H3,(H2,19,22)(H,20,23). The van der Waals surface area contributed by atoms with Gasteiger partial charge in [0.25, 0.3) is 5.91 Å². The van der Waals surface area contributed by atoms with Crippen LogP contribution in [0, 0.1) is 0 Å². The molecule has 0 bridgehead atoms. The highest BCUT2D eigenvalue weighted by Crippen LogP contribution is 2.34. The first-order chi connectivity index (χ1) is 11.1. The Morgan fingerprint density at radius 3 is 2.29 bits per heavy atom. The zero-order chi connectivity index (χ0) is 18.1. The number of esters is 1. The Hall–Kier alpha value is -3.10. The number of fused-ring (bicyclic) bond motifs is 1. The average Bonchev–Trinajstić information content (AvgIpc) is 2.46. The smallest absolute Gasteiger partial charge is 0.425 e. The van der Waals surface area contributed by atoms with Crippen LogP contribution in [0.2, 0.25) is 0 Å². The van der Waals surface area contributed by atoms with Gasteiger partial charge in [-0.25, -0.2) is 0 Å². The minimum Gasteiger partial charge on any atom is -0.425 e. The molecule has 0 aromatic heterocycles. The van der Waals surface area contributed by atoms with Crippen LogP contribution in [0.25, 0.3) is 10.8 Å². The molecule has 3 N–H and O–H groups in total. The molecule has 0 saturated heterocycles. The molecule has 126 valence electrons. The minimum absolute atomic E-state index is 0.114. The van der Waals surface area contributed by atoms with E-state index in [2.05, 4.69) is 0 Å². The van der Waals surface area contributed by atoms with Crippen molar-refractivity contribution >= 4 is 34.2 Å². The van der Waals surface area contributed by atoms with Crippen LogP contribution in [0.1, 0.15) is 17.3 Å². The minimum atomic E-state index is -5.06. The number of nitrogens with one attached hydrogen (secondary N) is 1. The summed E-state index contributed by atoms with van der Waals surface area (Å²) in [6.45, 7) is 1.10. The molecule has 2 rings (SSSR count). The highest BCUT2D eigenvalue weighted by atomic mass is 19.4. The molecule has 0 unspecified atom stereocenters. The second-order valence-corrected chi connectivity index (χ2v) is 4.75. The summed E-state index contributed by atoms with van der Waals surface area (Å²) in [7, 11) is 0. The van der Waals surface area contributed by atoms with Gasteiger partial charge in [-0.3, -0.25) is 14.4 Å². The molecule has 0 saturated carbocycles. The van der Waals surface area contributed by atoms with E-state index in [9.17, 15) is 27.6 Å². The van der Waals surface area contributed by atoms with Crippen LogP contribution < -0.4 is 15.8 Å².